The van der Waals surface area contributed by atoms with Crippen LogP contribution in [0.5, 0.6) is 0 Å². The number of amides is 1. The molecule has 2 rings (SSSR count). The molecule has 4 heteroatoms. The molecule has 0 saturated carbocycles. The number of thiophene rings is 1. The smallest absolute Gasteiger partial charge is 0.261 e. The first kappa shape index (κ1) is 12.6. The average molecular weight is 252 g/mol. The third kappa shape index (κ3) is 3.30. The standard InChI is InChI=1S/C13H20N2OS/c14-7-4-8-15-13(16)12-9-10-5-2-1-3-6-11(10)17-12/h9H,1-8,14H2,(H,15,16). The third-order valence-electron chi connectivity index (χ3n) is 3.14. The largest absolute Gasteiger partial charge is 0.351 e. The van der Waals surface area contributed by atoms with Gasteiger partial charge in [0.1, 0.15) is 0 Å². The quantitative estimate of drug-likeness (QED) is 0.637. The van der Waals surface area contributed by atoms with Crippen LogP contribution >= 0.6 is 11.3 Å². The lowest BCUT2D eigenvalue weighted by Gasteiger charge is -2.01. The van der Waals surface area contributed by atoms with Crippen molar-refractivity contribution in [3.63, 3.8) is 0 Å². The fraction of sp³-hybridized carbons (Fsp3) is 0.615. The highest BCUT2D eigenvalue weighted by Crippen LogP contribution is 2.28. The number of rotatable bonds is 4. The highest BCUT2D eigenvalue weighted by Gasteiger charge is 2.15. The van der Waals surface area contributed by atoms with E-state index in [2.05, 4.69) is 11.4 Å². The normalized spacial score (nSPS) is 15.1. The number of hydrogen-bond acceptors (Lipinski definition) is 3. The number of aryl methyl sites for hydroxylation is 2. The van der Waals surface area contributed by atoms with Gasteiger partial charge < -0.3 is 11.1 Å². The van der Waals surface area contributed by atoms with E-state index in [0.717, 1.165) is 24.1 Å². The van der Waals surface area contributed by atoms with Gasteiger partial charge in [0.15, 0.2) is 0 Å². The summed E-state index contributed by atoms with van der Waals surface area (Å²) in [6.45, 7) is 1.30. The van der Waals surface area contributed by atoms with E-state index in [-0.39, 0.29) is 5.91 Å². The highest BCUT2D eigenvalue weighted by atomic mass is 32.1. The van der Waals surface area contributed by atoms with E-state index < -0.39 is 0 Å². The van der Waals surface area contributed by atoms with Crippen molar-refractivity contribution in [2.75, 3.05) is 13.1 Å². The Morgan fingerprint density at radius 1 is 1.35 bits per heavy atom. The summed E-state index contributed by atoms with van der Waals surface area (Å²) in [5, 5.41) is 2.92. The van der Waals surface area contributed by atoms with Crippen LogP contribution in [0.2, 0.25) is 0 Å². The summed E-state index contributed by atoms with van der Waals surface area (Å²) in [5.74, 6) is 0.0662. The highest BCUT2D eigenvalue weighted by molar-refractivity contribution is 7.14. The Morgan fingerprint density at radius 2 is 2.18 bits per heavy atom. The van der Waals surface area contributed by atoms with Crippen LogP contribution in [-0.2, 0) is 12.8 Å². The van der Waals surface area contributed by atoms with Gasteiger partial charge in [-0.3, -0.25) is 4.79 Å². The summed E-state index contributed by atoms with van der Waals surface area (Å²) in [6, 6.07) is 2.09. The topological polar surface area (TPSA) is 55.1 Å². The minimum absolute atomic E-state index is 0.0662. The molecule has 3 nitrogen and oxygen atoms in total. The van der Waals surface area contributed by atoms with Gasteiger partial charge in [-0.2, -0.15) is 0 Å². The van der Waals surface area contributed by atoms with Gasteiger partial charge in [0, 0.05) is 11.4 Å². The molecule has 94 valence electrons. The molecule has 1 amide bonds. The summed E-state index contributed by atoms with van der Waals surface area (Å²) in [7, 11) is 0. The predicted octanol–water partition coefficient (Wildman–Crippen LogP) is 2.10. The van der Waals surface area contributed by atoms with E-state index >= 15 is 0 Å². The molecule has 0 aromatic carbocycles. The Morgan fingerprint density at radius 3 is 3.00 bits per heavy atom. The van der Waals surface area contributed by atoms with Crippen LogP contribution in [0, 0.1) is 0 Å². The maximum Gasteiger partial charge on any atom is 0.261 e. The lowest BCUT2D eigenvalue weighted by molar-refractivity contribution is 0.0957. The summed E-state index contributed by atoms with van der Waals surface area (Å²) in [5.41, 5.74) is 6.80. The van der Waals surface area contributed by atoms with Crippen LogP contribution in [0.25, 0.3) is 0 Å². The molecule has 1 aliphatic rings. The average Bonchev–Trinajstić information content (AvgIpc) is 2.61. The van der Waals surface area contributed by atoms with Gasteiger partial charge in [-0.05, 0) is 50.3 Å². The first-order valence-corrected chi connectivity index (χ1v) is 7.23. The van der Waals surface area contributed by atoms with Crippen LogP contribution in [0.3, 0.4) is 0 Å². The van der Waals surface area contributed by atoms with Crippen molar-refractivity contribution in [2.24, 2.45) is 5.73 Å². The second-order valence-electron chi connectivity index (χ2n) is 4.52. The lowest BCUT2D eigenvalue weighted by Crippen LogP contribution is -2.25. The number of nitrogens with two attached hydrogens (primary N) is 1. The van der Waals surface area contributed by atoms with Gasteiger partial charge in [-0.25, -0.2) is 0 Å². The van der Waals surface area contributed by atoms with Gasteiger partial charge >= 0.3 is 0 Å². The molecule has 17 heavy (non-hydrogen) atoms. The molecule has 1 aliphatic carbocycles. The van der Waals surface area contributed by atoms with Crippen LogP contribution in [-0.4, -0.2) is 19.0 Å². The van der Waals surface area contributed by atoms with Gasteiger partial charge in [0.25, 0.3) is 5.91 Å². The summed E-state index contributed by atoms with van der Waals surface area (Å²) in [4.78, 5) is 14.2. The van der Waals surface area contributed by atoms with E-state index in [4.69, 9.17) is 5.73 Å². The Balaban J connectivity index is 1.99. The van der Waals surface area contributed by atoms with Gasteiger partial charge in [0.2, 0.25) is 0 Å². The predicted molar refractivity (Wildman–Crippen MR) is 71.6 cm³/mol. The summed E-state index contributed by atoms with van der Waals surface area (Å²) in [6.07, 6.45) is 6.98. The van der Waals surface area contributed by atoms with Crippen molar-refractivity contribution in [1.82, 2.24) is 5.32 Å². The second kappa shape index (κ2) is 6.17. The molecule has 0 fully saturated rings. The minimum atomic E-state index is 0.0662. The number of hydrogen-bond donors (Lipinski definition) is 2. The zero-order valence-electron chi connectivity index (χ0n) is 10.1. The van der Waals surface area contributed by atoms with Crippen LogP contribution in [0.4, 0.5) is 0 Å². The van der Waals surface area contributed by atoms with Crippen molar-refractivity contribution in [3.05, 3.63) is 21.4 Å². The zero-order chi connectivity index (χ0) is 12.1. The Labute approximate surface area is 106 Å². The van der Waals surface area contributed by atoms with E-state index in [1.807, 2.05) is 0 Å². The maximum atomic E-state index is 11.9. The second-order valence-corrected chi connectivity index (χ2v) is 5.65. The van der Waals surface area contributed by atoms with E-state index in [1.54, 1.807) is 11.3 Å². The first-order valence-electron chi connectivity index (χ1n) is 6.41. The molecule has 0 spiro atoms. The molecule has 3 N–H and O–H groups in total. The van der Waals surface area contributed by atoms with E-state index in [9.17, 15) is 4.79 Å². The van der Waals surface area contributed by atoms with E-state index in [1.165, 1.54) is 29.7 Å². The Bertz CT molecular complexity index is 363. The SMILES string of the molecule is NCCCNC(=O)c1cc2c(s1)CCCCC2. The minimum Gasteiger partial charge on any atom is -0.351 e. The van der Waals surface area contributed by atoms with Gasteiger partial charge in [-0.15, -0.1) is 11.3 Å². The van der Waals surface area contributed by atoms with Gasteiger partial charge in [-0.1, -0.05) is 6.42 Å². The fourth-order valence-electron chi connectivity index (χ4n) is 2.17. The monoisotopic (exact) mass is 252 g/mol. The lowest BCUT2D eigenvalue weighted by atomic mass is 10.1. The van der Waals surface area contributed by atoms with Crippen molar-refractivity contribution >= 4 is 17.2 Å². The van der Waals surface area contributed by atoms with Crippen LogP contribution in [0.1, 0.15) is 45.8 Å². The van der Waals surface area contributed by atoms with Crippen molar-refractivity contribution in [2.45, 2.75) is 38.5 Å². The number of carbonyl (C=O) groups excluding carboxylic acids is 1. The molecule has 1 aromatic heterocycles. The molecule has 0 saturated heterocycles. The maximum absolute atomic E-state index is 11.9. The molecule has 0 bridgehead atoms. The number of carbonyl (C=O) groups is 1. The fourth-order valence-corrected chi connectivity index (χ4v) is 3.34. The molecule has 0 radical (unpaired) electrons. The van der Waals surface area contributed by atoms with Crippen molar-refractivity contribution < 1.29 is 4.79 Å². The molecule has 0 aliphatic heterocycles. The Hall–Kier alpha value is -0.870. The molecular weight excluding hydrogens is 232 g/mol. The summed E-state index contributed by atoms with van der Waals surface area (Å²) < 4.78 is 0. The number of fused-ring (bicyclic) bond motifs is 1. The van der Waals surface area contributed by atoms with Crippen LogP contribution in [0.15, 0.2) is 6.07 Å². The van der Waals surface area contributed by atoms with E-state index in [0.29, 0.717) is 13.1 Å². The van der Waals surface area contributed by atoms with Crippen molar-refractivity contribution in [1.29, 1.82) is 0 Å². The molecule has 1 aromatic rings. The van der Waals surface area contributed by atoms with Gasteiger partial charge in [0.05, 0.1) is 4.88 Å². The zero-order valence-corrected chi connectivity index (χ0v) is 10.9. The summed E-state index contributed by atoms with van der Waals surface area (Å²) >= 11 is 1.67. The number of nitrogens with one attached hydrogen (secondary N) is 1. The first-order chi connectivity index (χ1) is 8.31. The van der Waals surface area contributed by atoms with Crippen LogP contribution < -0.4 is 11.1 Å². The molecule has 0 atom stereocenters. The van der Waals surface area contributed by atoms with Crippen molar-refractivity contribution in [3.8, 4) is 0 Å². The Kier molecular flexibility index (Phi) is 4.57. The third-order valence-corrected chi connectivity index (χ3v) is 4.37. The molecule has 1 heterocycles. The molecule has 0 unspecified atom stereocenters. The molecular formula is C13H20N2OS.